The zero-order valence-corrected chi connectivity index (χ0v) is 12.3. The minimum Gasteiger partial charge on any atom is -0.478 e. The summed E-state index contributed by atoms with van der Waals surface area (Å²) in [4.78, 5) is 24.5. The summed E-state index contributed by atoms with van der Waals surface area (Å²) in [6.45, 7) is 1.90. The highest BCUT2D eigenvalue weighted by molar-refractivity contribution is 7.91. The zero-order chi connectivity index (χ0) is 15.6. The van der Waals surface area contributed by atoms with Gasteiger partial charge in [-0.1, -0.05) is 6.07 Å². The van der Waals surface area contributed by atoms with Crippen molar-refractivity contribution in [3.05, 3.63) is 29.3 Å². The van der Waals surface area contributed by atoms with E-state index in [0.717, 1.165) is 0 Å². The summed E-state index contributed by atoms with van der Waals surface area (Å²) in [5.41, 5.74) is 0.991. The van der Waals surface area contributed by atoms with Crippen LogP contribution in [-0.4, -0.2) is 55.0 Å². The third kappa shape index (κ3) is 3.52. The van der Waals surface area contributed by atoms with Crippen LogP contribution >= 0.6 is 0 Å². The maximum Gasteiger partial charge on any atom is 0.336 e. The predicted molar refractivity (Wildman–Crippen MR) is 77.4 cm³/mol. The van der Waals surface area contributed by atoms with Crippen molar-refractivity contribution in [1.82, 2.24) is 4.90 Å². The molecule has 0 atom stereocenters. The first-order valence-corrected chi connectivity index (χ1v) is 8.21. The van der Waals surface area contributed by atoms with E-state index in [1.54, 1.807) is 19.1 Å². The number of benzene rings is 1. The molecular formula is C13H16N2O5S. The molecule has 0 unspecified atom stereocenters. The number of sulfone groups is 1. The summed E-state index contributed by atoms with van der Waals surface area (Å²) < 4.78 is 22.7. The fraction of sp³-hybridized carbons (Fsp3) is 0.385. The number of nitrogens with zero attached hydrogens (tertiary/aromatic N) is 1. The summed E-state index contributed by atoms with van der Waals surface area (Å²) in [5, 5.41) is 11.7. The van der Waals surface area contributed by atoms with E-state index in [1.807, 2.05) is 0 Å². The highest BCUT2D eigenvalue weighted by atomic mass is 32.2. The van der Waals surface area contributed by atoms with E-state index in [-0.39, 0.29) is 30.2 Å². The summed E-state index contributed by atoms with van der Waals surface area (Å²) in [5.74, 6) is -1.16. The lowest BCUT2D eigenvalue weighted by Crippen LogP contribution is -2.45. The minimum absolute atomic E-state index is 0.0471. The van der Waals surface area contributed by atoms with Crippen molar-refractivity contribution < 1.29 is 23.1 Å². The molecule has 0 aromatic heterocycles. The molecule has 0 aliphatic carbocycles. The number of carbonyl (C=O) groups is 2. The Balaban J connectivity index is 2.10. The minimum atomic E-state index is -3.05. The number of urea groups is 1. The number of carbonyl (C=O) groups excluding carboxylic acids is 1. The number of carboxylic acid groups (broad SMARTS) is 1. The fourth-order valence-corrected chi connectivity index (χ4v) is 3.31. The SMILES string of the molecule is Cc1c(NC(=O)N2CCS(=O)(=O)CC2)cccc1C(=O)O. The number of aromatic carboxylic acids is 1. The molecule has 1 aromatic rings. The molecule has 2 rings (SSSR count). The molecule has 0 radical (unpaired) electrons. The average Bonchev–Trinajstić information content (AvgIpc) is 2.40. The van der Waals surface area contributed by atoms with E-state index in [2.05, 4.69) is 5.32 Å². The van der Waals surface area contributed by atoms with Crippen LogP contribution in [0, 0.1) is 6.92 Å². The van der Waals surface area contributed by atoms with E-state index >= 15 is 0 Å². The largest absolute Gasteiger partial charge is 0.478 e. The van der Waals surface area contributed by atoms with Crippen LogP contribution in [-0.2, 0) is 9.84 Å². The smallest absolute Gasteiger partial charge is 0.336 e. The molecule has 1 aliphatic rings. The quantitative estimate of drug-likeness (QED) is 0.846. The average molecular weight is 312 g/mol. The van der Waals surface area contributed by atoms with Gasteiger partial charge in [-0.25, -0.2) is 18.0 Å². The second-order valence-electron chi connectivity index (χ2n) is 4.85. The van der Waals surface area contributed by atoms with Gasteiger partial charge in [-0.15, -0.1) is 0 Å². The number of anilines is 1. The van der Waals surface area contributed by atoms with E-state index in [9.17, 15) is 18.0 Å². The Bertz CT molecular complexity index is 670. The summed E-state index contributed by atoms with van der Waals surface area (Å²) >= 11 is 0. The molecule has 1 aromatic carbocycles. The van der Waals surface area contributed by atoms with E-state index < -0.39 is 21.8 Å². The molecule has 0 spiro atoms. The Labute approximate surface area is 122 Å². The molecule has 21 heavy (non-hydrogen) atoms. The number of amides is 2. The summed E-state index contributed by atoms with van der Waals surface area (Å²) in [6, 6.07) is 4.20. The summed E-state index contributed by atoms with van der Waals surface area (Å²) in [7, 11) is -3.05. The molecule has 1 heterocycles. The maximum absolute atomic E-state index is 12.1. The first-order chi connectivity index (χ1) is 9.80. The lowest BCUT2D eigenvalue weighted by molar-refractivity contribution is 0.0696. The Morgan fingerprint density at radius 2 is 1.86 bits per heavy atom. The van der Waals surface area contributed by atoms with Gasteiger partial charge in [0.25, 0.3) is 0 Å². The van der Waals surface area contributed by atoms with Crippen LogP contribution in [0.3, 0.4) is 0 Å². The molecule has 1 fully saturated rings. The molecule has 0 bridgehead atoms. The van der Waals surface area contributed by atoms with Crippen LogP contribution < -0.4 is 5.32 Å². The van der Waals surface area contributed by atoms with Crippen molar-refractivity contribution >= 4 is 27.5 Å². The fourth-order valence-electron chi connectivity index (χ4n) is 2.11. The van der Waals surface area contributed by atoms with Gasteiger partial charge in [0.05, 0.1) is 17.1 Å². The van der Waals surface area contributed by atoms with Crippen molar-refractivity contribution in [3.8, 4) is 0 Å². The molecule has 2 N–H and O–H groups in total. The van der Waals surface area contributed by atoms with Gasteiger partial charge in [0.1, 0.15) is 0 Å². The van der Waals surface area contributed by atoms with Crippen LogP contribution in [0.4, 0.5) is 10.5 Å². The van der Waals surface area contributed by atoms with Gasteiger partial charge in [0.2, 0.25) is 0 Å². The van der Waals surface area contributed by atoms with Crippen molar-refractivity contribution in [2.75, 3.05) is 29.9 Å². The molecule has 2 amide bonds. The van der Waals surface area contributed by atoms with Gasteiger partial charge < -0.3 is 15.3 Å². The predicted octanol–water partition coefficient (Wildman–Crippen LogP) is 0.956. The van der Waals surface area contributed by atoms with Crippen molar-refractivity contribution in [2.24, 2.45) is 0 Å². The van der Waals surface area contributed by atoms with Crippen molar-refractivity contribution in [1.29, 1.82) is 0 Å². The maximum atomic E-state index is 12.1. The molecule has 1 aliphatic heterocycles. The van der Waals surface area contributed by atoms with Crippen LogP contribution in [0.2, 0.25) is 0 Å². The molecule has 1 saturated heterocycles. The van der Waals surface area contributed by atoms with Gasteiger partial charge in [-0.05, 0) is 24.6 Å². The number of hydrogen-bond acceptors (Lipinski definition) is 4. The number of hydrogen-bond donors (Lipinski definition) is 2. The topological polar surface area (TPSA) is 104 Å². The highest BCUT2D eigenvalue weighted by Crippen LogP contribution is 2.19. The monoisotopic (exact) mass is 312 g/mol. The van der Waals surface area contributed by atoms with Crippen LogP contribution in [0.25, 0.3) is 0 Å². The van der Waals surface area contributed by atoms with Crippen molar-refractivity contribution in [2.45, 2.75) is 6.92 Å². The molecule has 8 heteroatoms. The lowest BCUT2D eigenvalue weighted by atomic mass is 10.1. The Morgan fingerprint density at radius 3 is 2.43 bits per heavy atom. The molecular weight excluding hydrogens is 296 g/mol. The lowest BCUT2D eigenvalue weighted by Gasteiger charge is -2.27. The third-order valence-electron chi connectivity index (χ3n) is 3.44. The van der Waals surface area contributed by atoms with E-state index in [4.69, 9.17) is 5.11 Å². The van der Waals surface area contributed by atoms with Crippen LogP contribution in [0.1, 0.15) is 15.9 Å². The van der Waals surface area contributed by atoms with Gasteiger partial charge in [-0.3, -0.25) is 0 Å². The van der Waals surface area contributed by atoms with E-state index in [0.29, 0.717) is 11.3 Å². The van der Waals surface area contributed by atoms with Crippen LogP contribution in [0.5, 0.6) is 0 Å². The standard InChI is InChI=1S/C13H16N2O5S/c1-9-10(12(16)17)3-2-4-11(9)14-13(18)15-5-7-21(19,20)8-6-15/h2-4H,5-8H2,1H3,(H,14,18)(H,16,17). The third-order valence-corrected chi connectivity index (χ3v) is 5.05. The van der Waals surface area contributed by atoms with Crippen molar-refractivity contribution in [3.63, 3.8) is 0 Å². The van der Waals surface area contributed by atoms with Gasteiger partial charge in [-0.2, -0.15) is 0 Å². The first kappa shape index (κ1) is 15.3. The van der Waals surface area contributed by atoms with Crippen LogP contribution in [0.15, 0.2) is 18.2 Å². The molecule has 0 saturated carbocycles. The normalized spacial score (nSPS) is 17.3. The molecule has 114 valence electrons. The van der Waals surface area contributed by atoms with E-state index in [1.165, 1.54) is 11.0 Å². The Kier molecular flexibility index (Phi) is 4.17. The first-order valence-electron chi connectivity index (χ1n) is 6.39. The molecule has 7 nitrogen and oxygen atoms in total. The second kappa shape index (κ2) is 5.72. The van der Waals surface area contributed by atoms with Gasteiger partial charge >= 0.3 is 12.0 Å². The Morgan fingerprint density at radius 1 is 1.24 bits per heavy atom. The number of nitrogens with one attached hydrogen (secondary N) is 1. The van der Waals surface area contributed by atoms with Gasteiger partial charge in [0, 0.05) is 18.8 Å². The number of rotatable bonds is 2. The summed E-state index contributed by atoms with van der Waals surface area (Å²) in [6.07, 6.45) is 0. The zero-order valence-electron chi connectivity index (χ0n) is 11.5. The highest BCUT2D eigenvalue weighted by Gasteiger charge is 2.25. The number of carboxylic acids is 1. The van der Waals surface area contributed by atoms with Gasteiger partial charge in [0.15, 0.2) is 9.84 Å². The second-order valence-corrected chi connectivity index (χ2v) is 7.16. The Hall–Kier alpha value is -2.09.